The predicted octanol–water partition coefficient (Wildman–Crippen LogP) is 4.39. The summed E-state index contributed by atoms with van der Waals surface area (Å²) in [5, 5.41) is 9.61. The van der Waals surface area contributed by atoms with Gasteiger partial charge in [-0.15, -0.1) is 0 Å². The summed E-state index contributed by atoms with van der Waals surface area (Å²) in [6, 6.07) is 5.09. The van der Waals surface area contributed by atoms with Gasteiger partial charge >= 0.3 is 6.18 Å². The first-order valence-electron chi connectivity index (χ1n) is 5.42. The molecule has 0 aliphatic carbocycles. The summed E-state index contributed by atoms with van der Waals surface area (Å²) in [5.41, 5.74) is -0.0302. The molecule has 1 unspecified atom stereocenters. The van der Waals surface area contributed by atoms with Crippen LogP contribution in [-0.4, -0.2) is 11.3 Å². The Hall–Kier alpha value is -1.17. The maximum Gasteiger partial charge on any atom is 0.389 e. The molecule has 102 valence electrons. The van der Waals surface area contributed by atoms with E-state index in [0.29, 0.717) is 0 Å². The first kappa shape index (κ1) is 14.9. The molecule has 0 bridgehead atoms. The third kappa shape index (κ3) is 5.00. The fourth-order valence-electron chi connectivity index (χ4n) is 1.56. The van der Waals surface area contributed by atoms with Crippen LogP contribution in [0.5, 0.6) is 0 Å². The van der Waals surface area contributed by atoms with Gasteiger partial charge in [0.05, 0.1) is 6.10 Å². The molecular weight excluding hydrogens is 255 g/mol. The van der Waals surface area contributed by atoms with E-state index < -0.39 is 25.1 Å². The summed E-state index contributed by atoms with van der Waals surface area (Å²) in [7, 11) is 0. The molecule has 0 radical (unpaired) electrons. The number of halogens is 5. The summed E-state index contributed by atoms with van der Waals surface area (Å²) in [6.07, 6.45) is -9.39. The van der Waals surface area contributed by atoms with E-state index in [9.17, 15) is 27.1 Å². The molecule has 6 heteroatoms. The van der Waals surface area contributed by atoms with Crippen molar-refractivity contribution in [3.63, 3.8) is 0 Å². The molecule has 1 N–H and O–H groups in total. The minimum Gasteiger partial charge on any atom is -0.388 e. The molecule has 1 rings (SSSR count). The van der Waals surface area contributed by atoms with Crippen molar-refractivity contribution in [1.29, 1.82) is 0 Å². The molecule has 0 fully saturated rings. The number of aliphatic hydroxyl groups excluding tert-OH is 1. The topological polar surface area (TPSA) is 20.2 Å². The van der Waals surface area contributed by atoms with Crippen molar-refractivity contribution in [2.24, 2.45) is 0 Å². The largest absolute Gasteiger partial charge is 0.389 e. The first-order chi connectivity index (χ1) is 8.29. The molecule has 0 heterocycles. The Morgan fingerprint density at radius 1 is 1.11 bits per heavy atom. The molecule has 0 amide bonds. The second kappa shape index (κ2) is 6.13. The molecule has 1 aromatic rings. The molecule has 1 nitrogen and oxygen atoms in total. The summed E-state index contributed by atoms with van der Waals surface area (Å²) < 4.78 is 60.5. The predicted molar refractivity (Wildman–Crippen MR) is 56.3 cm³/mol. The van der Waals surface area contributed by atoms with Crippen molar-refractivity contribution >= 4 is 0 Å². The van der Waals surface area contributed by atoms with Gasteiger partial charge in [0, 0.05) is 12.0 Å². The lowest BCUT2D eigenvalue weighted by molar-refractivity contribution is -0.136. The van der Waals surface area contributed by atoms with Crippen LogP contribution in [0, 0.1) is 0 Å². The maximum absolute atomic E-state index is 12.4. The molecule has 18 heavy (non-hydrogen) atoms. The summed E-state index contributed by atoms with van der Waals surface area (Å²) in [6.45, 7) is 0. The van der Waals surface area contributed by atoms with Gasteiger partial charge in [-0.3, -0.25) is 0 Å². The molecule has 0 saturated heterocycles. The highest BCUT2D eigenvalue weighted by Gasteiger charge is 2.26. The van der Waals surface area contributed by atoms with E-state index in [0.717, 1.165) is 6.07 Å². The van der Waals surface area contributed by atoms with Gasteiger partial charge in [0.15, 0.2) is 0 Å². The summed E-state index contributed by atoms with van der Waals surface area (Å²) in [4.78, 5) is 0. The van der Waals surface area contributed by atoms with Gasteiger partial charge in [-0.25, -0.2) is 8.78 Å². The third-order valence-electron chi connectivity index (χ3n) is 2.49. The third-order valence-corrected chi connectivity index (χ3v) is 2.49. The van der Waals surface area contributed by atoms with E-state index in [1.807, 2.05) is 0 Å². The quantitative estimate of drug-likeness (QED) is 0.785. The van der Waals surface area contributed by atoms with Crippen LogP contribution in [0.3, 0.4) is 0 Å². The van der Waals surface area contributed by atoms with Gasteiger partial charge in [-0.05, 0) is 24.5 Å². The monoisotopic (exact) mass is 268 g/mol. The second-order valence-electron chi connectivity index (χ2n) is 3.99. The normalized spacial score (nSPS) is 13.9. The van der Waals surface area contributed by atoms with Crippen molar-refractivity contribution in [3.8, 4) is 0 Å². The molecule has 0 aliphatic rings. The number of alkyl halides is 5. The van der Waals surface area contributed by atoms with Gasteiger partial charge in [0.1, 0.15) is 0 Å². The fraction of sp³-hybridized carbons (Fsp3) is 0.500. The lowest BCUT2D eigenvalue weighted by Crippen LogP contribution is -2.08. The van der Waals surface area contributed by atoms with Crippen LogP contribution < -0.4 is 0 Å². The number of benzene rings is 1. The van der Waals surface area contributed by atoms with Crippen LogP contribution in [0.15, 0.2) is 24.3 Å². The molecule has 1 aromatic carbocycles. The van der Waals surface area contributed by atoms with Gasteiger partial charge < -0.3 is 5.11 Å². The summed E-state index contributed by atoms with van der Waals surface area (Å²) >= 11 is 0. The first-order valence-corrected chi connectivity index (χ1v) is 5.42. The van der Waals surface area contributed by atoms with E-state index >= 15 is 0 Å². The molecular formula is C12H13F5O. The maximum atomic E-state index is 12.4. The van der Waals surface area contributed by atoms with Gasteiger partial charge in [-0.1, -0.05) is 18.2 Å². The van der Waals surface area contributed by atoms with Crippen LogP contribution >= 0.6 is 0 Å². The van der Waals surface area contributed by atoms with E-state index in [1.165, 1.54) is 18.2 Å². The average Bonchev–Trinajstić information content (AvgIpc) is 2.27. The molecule has 1 atom stereocenters. The smallest absolute Gasteiger partial charge is 0.388 e. The van der Waals surface area contributed by atoms with Crippen LogP contribution in [0.1, 0.15) is 42.9 Å². The minimum absolute atomic E-state index is 0.105. The van der Waals surface area contributed by atoms with Crippen molar-refractivity contribution < 1.29 is 27.1 Å². The number of rotatable bonds is 5. The molecule has 0 spiro atoms. The lowest BCUT2D eigenvalue weighted by atomic mass is 10.0. The van der Waals surface area contributed by atoms with Crippen molar-refractivity contribution in [1.82, 2.24) is 0 Å². The van der Waals surface area contributed by atoms with Crippen molar-refractivity contribution in [3.05, 3.63) is 35.4 Å². The van der Waals surface area contributed by atoms with Crippen LogP contribution in [0.2, 0.25) is 0 Å². The van der Waals surface area contributed by atoms with E-state index in [-0.39, 0.29) is 24.0 Å². The highest BCUT2D eigenvalue weighted by Crippen LogP contribution is 2.28. The van der Waals surface area contributed by atoms with E-state index in [2.05, 4.69) is 0 Å². The van der Waals surface area contributed by atoms with Gasteiger partial charge in [0.2, 0.25) is 0 Å². The standard InChI is InChI=1S/C12H13F5O/c13-11(14)9-4-1-3-8(7-9)10(18)5-2-6-12(15,16)17/h1,3-4,7,10-11,18H,2,5-6H2. The Kier molecular flexibility index (Phi) is 5.07. The average molecular weight is 268 g/mol. The van der Waals surface area contributed by atoms with E-state index in [1.54, 1.807) is 0 Å². The molecule has 0 aromatic heterocycles. The van der Waals surface area contributed by atoms with Crippen molar-refractivity contribution in [2.45, 2.75) is 38.0 Å². The Bertz CT molecular complexity index is 375. The second-order valence-corrected chi connectivity index (χ2v) is 3.99. The molecule has 0 saturated carbocycles. The fourth-order valence-corrected chi connectivity index (χ4v) is 1.56. The van der Waals surface area contributed by atoms with E-state index in [4.69, 9.17) is 0 Å². The SMILES string of the molecule is OC(CCCC(F)(F)F)c1cccc(C(F)F)c1. The Morgan fingerprint density at radius 2 is 1.72 bits per heavy atom. The van der Waals surface area contributed by atoms with Crippen molar-refractivity contribution in [2.75, 3.05) is 0 Å². The highest BCUT2D eigenvalue weighted by atomic mass is 19.4. The van der Waals surface area contributed by atoms with Gasteiger partial charge in [-0.2, -0.15) is 13.2 Å². The number of aliphatic hydroxyl groups is 1. The zero-order chi connectivity index (χ0) is 13.8. The van der Waals surface area contributed by atoms with Crippen LogP contribution in [0.4, 0.5) is 22.0 Å². The highest BCUT2D eigenvalue weighted by molar-refractivity contribution is 5.25. The Labute approximate surface area is 101 Å². The van der Waals surface area contributed by atoms with Crippen LogP contribution in [0.25, 0.3) is 0 Å². The van der Waals surface area contributed by atoms with Gasteiger partial charge in [0.25, 0.3) is 6.43 Å². The zero-order valence-electron chi connectivity index (χ0n) is 9.42. The number of hydrogen-bond acceptors (Lipinski definition) is 1. The Morgan fingerprint density at radius 3 is 2.28 bits per heavy atom. The summed E-state index contributed by atoms with van der Waals surface area (Å²) in [5.74, 6) is 0. The Balaban J connectivity index is 2.56. The molecule has 0 aliphatic heterocycles. The zero-order valence-corrected chi connectivity index (χ0v) is 9.42. The van der Waals surface area contributed by atoms with Crippen LogP contribution in [-0.2, 0) is 0 Å². The minimum atomic E-state index is -4.26. The number of hydrogen-bond donors (Lipinski definition) is 1. The lowest BCUT2D eigenvalue weighted by Gasteiger charge is -2.13.